The van der Waals surface area contributed by atoms with Crippen molar-refractivity contribution in [2.24, 2.45) is 5.92 Å². The molecule has 4 unspecified atom stereocenters. The number of amides is 2. The van der Waals surface area contributed by atoms with Gasteiger partial charge in [-0.05, 0) is 43.6 Å². The zero-order valence-electron chi connectivity index (χ0n) is 17.0. The molecule has 2 aromatic heterocycles. The number of hydrogen-bond donors (Lipinski definition) is 0. The number of hydrogen-bond acceptors (Lipinski definition) is 6. The first-order chi connectivity index (χ1) is 14.5. The third kappa shape index (κ3) is 3.43. The molecule has 2 bridgehead atoms. The van der Waals surface area contributed by atoms with E-state index in [2.05, 4.69) is 4.98 Å². The normalized spacial score (nSPS) is 28.4. The topological polar surface area (TPSA) is 84.7 Å². The molecule has 4 atom stereocenters. The van der Waals surface area contributed by atoms with Crippen molar-refractivity contribution in [3.8, 4) is 0 Å². The van der Waals surface area contributed by atoms with Crippen molar-refractivity contribution >= 4 is 33.4 Å². The number of rotatable bonds is 4. The SMILES string of the molecule is CC1OCCC1CC(=O)N1CC2CCC1CN2C(=O)Cn1cnc2sccc2c1=O. The van der Waals surface area contributed by atoms with Gasteiger partial charge in [-0.25, -0.2) is 4.98 Å². The molecule has 0 spiro atoms. The van der Waals surface area contributed by atoms with Crippen LogP contribution in [0.15, 0.2) is 22.6 Å². The molecule has 160 valence electrons. The number of piperazine rings is 1. The quantitative estimate of drug-likeness (QED) is 0.734. The van der Waals surface area contributed by atoms with E-state index >= 15 is 0 Å². The van der Waals surface area contributed by atoms with Gasteiger partial charge in [-0.1, -0.05) is 0 Å². The second-order valence-electron chi connectivity index (χ2n) is 8.62. The maximum atomic E-state index is 13.0. The van der Waals surface area contributed by atoms with Crippen LogP contribution in [0.4, 0.5) is 0 Å². The molecular formula is C21H26N4O4S. The molecule has 0 aromatic carbocycles. The molecular weight excluding hydrogens is 404 g/mol. The molecule has 2 aromatic rings. The predicted molar refractivity (Wildman–Crippen MR) is 112 cm³/mol. The molecule has 4 aliphatic heterocycles. The summed E-state index contributed by atoms with van der Waals surface area (Å²) < 4.78 is 6.99. The number of fused-ring (bicyclic) bond motifs is 4. The van der Waals surface area contributed by atoms with Crippen molar-refractivity contribution in [1.82, 2.24) is 19.4 Å². The van der Waals surface area contributed by atoms with E-state index in [9.17, 15) is 14.4 Å². The van der Waals surface area contributed by atoms with E-state index in [-0.39, 0.29) is 42.1 Å². The highest BCUT2D eigenvalue weighted by atomic mass is 32.1. The summed E-state index contributed by atoms with van der Waals surface area (Å²) in [7, 11) is 0. The number of carbonyl (C=O) groups is 2. The Morgan fingerprint density at radius 3 is 2.57 bits per heavy atom. The van der Waals surface area contributed by atoms with Crippen LogP contribution in [0.25, 0.3) is 10.2 Å². The lowest BCUT2D eigenvalue weighted by molar-refractivity contribution is -0.153. The van der Waals surface area contributed by atoms with E-state index < -0.39 is 0 Å². The highest BCUT2D eigenvalue weighted by Gasteiger charge is 2.43. The fraction of sp³-hybridized carbons (Fsp3) is 0.619. The van der Waals surface area contributed by atoms with Gasteiger partial charge in [-0.3, -0.25) is 19.0 Å². The van der Waals surface area contributed by atoms with Crippen LogP contribution in [-0.2, 0) is 20.9 Å². The average Bonchev–Trinajstić information content (AvgIpc) is 3.39. The fourth-order valence-corrected chi connectivity index (χ4v) is 5.79. The summed E-state index contributed by atoms with van der Waals surface area (Å²) in [6, 6.07) is 1.84. The number of carbonyl (C=O) groups excluding carboxylic acids is 2. The fourth-order valence-electron chi connectivity index (χ4n) is 5.07. The summed E-state index contributed by atoms with van der Waals surface area (Å²) in [4.78, 5) is 47.3. The molecule has 0 saturated carbocycles. The average molecular weight is 431 g/mol. The number of piperidine rings is 2. The van der Waals surface area contributed by atoms with E-state index in [0.717, 1.165) is 25.9 Å². The second-order valence-corrected chi connectivity index (χ2v) is 9.52. The first-order valence-corrected chi connectivity index (χ1v) is 11.5. The summed E-state index contributed by atoms with van der Waals surface area (Å²) in [5.74, 6) is 0.401. The van der Waals surface area contributed by atoms with Gasteiger partial charge in [0.25, 0.3) is 5.56 Å². The van der Waals surface area contributed by atoms with Gasteiger partial charge in [0.15, 0.2) is 0 Å². The van der Waals surface area contributed by atoms with Crippen LogP contribution in [-0.4, -0.2) is 69.0 Å². The Labute approximate surface area is 178 Å². The van der Waals surface area contributed by atoms with Crippen molar-refractivity contribution in [3.05, 3.63) is 28.1 Å². The minimum absolute atomic E-state index is 0.00822. The maximum Gasteiger partial charge on any atom is 0.262 e. The Kier molecular flexibility index (Phi) is 5.10. The summed E-state index contributed by atoms with van der Waals surface area (Å²) in [5, 5.41) is 2.39. The number of thiophene rings is 1. The first-order valence-electron chi connectivity index (χ1n) is 10.6. The minimum atomic E-state index is -0.179. The molecule has 9 heteroatoms. The van der Waals surface area contributed by atoms with Crippen LogP contribution in [0, 0.1) is 5.92 Å². The molecule has 6 rings (SSSR count). The van der Waals surface area contributed by atoms with Crippen molar-refractivity contribution in [3.63, 3.8) is 0 Å². The summed E-state index contributed by atoms with van der Waals surface area (Å²) in [6.07, 6.45) is 4.90. The van der Waals surface area contributed by atoms with Gasteiger partial charge < -0.3 is 14.5 Å². The van der Waals surface area contributed by atoms with Crippen LogP contribution in [0.3, 0.4) is 0 Å². The zero-order chi connectivity index (χ0) is 20.8. The third-order valence-corrected chi connectivity index (χ3v) is 7.72. The molecule has 4 fully saturated rings. The zero-order valence-corrected chi connectivity index (χ0v) is 17.8. The molecule has 0 N–H and O–H groups in total. The Morgan fingerprint density at radius 1 is 1.17 bits per heavy atom. The molecule has 0 aliphatic carbocycles. The van der Waals surface area contributed by atoms with Gasteiger partial charge in [0.2, 0.25) is 11.8 Å². The van der Waals surface area contributed by atoms with Gasteiger partial charge in [-0.2, -0.15) is 0 Å². The van der Waals surface area contributed by atoms with Crippen molar-refractivity contribution in [2.75, 3.05) is 19.7 Å². The van der Waals surface area contributed by atoms with Crippen LogP contribution >= 0.6 is 11.3 Å². The van der Waals surface area contributed by atoms with Crippen molar-refractivity contribution in [1.29, 1.82) is 0 Å². The van der Waals surface area contributed by atoms with E-state index in [0.29, 0.717) is 35.6 Å². The summed E-state index contributed by atoms with van der Waals surface area (Å²) in [6.45, 7) is 3.91. The lowest BCUT2D eigenvalue weighted by Gasteiger charge is -2.51. The summed E-state index contributed by atoms with van der Waals surface area (Å²) in [5.41, 5.74) is -0.179. The van der Waals surface area contributed by atoms with Gasteiger partial charge >= 0.3 is 0 Å². The lowest BCUT2D eigenvalue weighted by Crippen LogP contribution is -2.65. The van der Waals surface area contributed by atoms with Crippen LogP contribution in [0.2, 0.25) is 0 Å². The van der Waals surface area contributed by atoms with Crippen LogP contribution < -0.4 is 5.56 Å². The Hall–Kier alpha value is -2.26. The Bertz CT molecular complexity index is 1030. The van der Waals surface area contributed by atoms with E-state index in [1.54, 1.807) is 6.07 Å². The standard InChI is InChI=1S/C21H26N4O4S/c1-13-14(4-6-29-13)8-18(26)24-9-16-3-2-15(24)10-25(16)19(27)11-23-12-22-20-17(21(23)28)5-7-30-20/h5,7,12-16H,2-4,6,8-11H2,1H3. The molecule has 0 radical (unpaired) electrons. The number of ether oxygens (including phenoxy) is 1. The van der Waals surface area contributed by atoms with E-state index in [4.69, 9.17) is 4.74 Å². The van der Waals surface area contributed by atoms with E-state index in [1.807, 2.05) is 22.1 Å². The highest BCUT2D eigenvalue weighted by Crippen LogP contribution is 2.32. The van der Waals surface area contributed by atoms with Gasteiger partial charge in [0.1, 0.15) is 11.4 Å². The third-order valence-electron chi connectivity index (χ3n) is 6.90. The smallest absolute Gasteiger partial charge is 0.262 e. The Morgan fingerprint density at radius 2 is 1.90 bits per heavy atom. The Balaban J connectivity index is 1.25. The van der Waals surface area contributed by atoms with Gasteiger partial charge in [0.05, 0.1) is 17.8 Å². The van der Waals surface area contributed by atoms with Gasteiger partial charge in [0, 0.05) is 38.2 Å². The minimum Gasteiger partial charge on any atom is -0.378 e. The van der Waals surface area contributed by atoms with Crippen LogP contribution in [0.5, 0.6) is 0 Å². The summed E-state index contributed by atoms with van der Waals surface area (Å²) >= 11 is 1.42. The van der Waals surface area contributed by atoms with Crippen molar-refractivity contribution in [2.45, 2.75) is 57.3 Å². The molecule has 8 nitrogen and oxygen atoms in total. The molecule has 4 saturated heterocycles. The monoisotopic (exact) mass is 430 g/mol. The molecule has 6 heterocycles. The largest absolute Gasteiger partial charge is 0.378 e. The highest BCUT2D eigenvalue weighted by molar-refractivity contribution is 7.16. The number of aromatic nitrogens is 2. The van der Waals surface area contributed by atoms with E-state index in [1.165, 1.54) is 22.2 Å². The van der Waals surface area contributed by atoms with Crippen LogP contribution in [0.1, 0.15) is 32.6 Å². The second kappa shape index (κ2) is 7.77. The number of nitrogens with zero attached hydrogens (tertiary/aromatic N) is 4. The predicted octanol–water partition coefficient (Wildman–Crippen LogP) is 1.47. The first kappa shape index (κ1) is 19.7. The maximum absolute atomic E-state index is 13.0. The lowest BCUT2D eigenvalue weighted by atomic mass is 9.89. The molecule has 2 amide bonds. The van der Waals surface area contributed by atoms with Crippen molar-refractivity contribution < 1.29 is 14.3 Å². The molecule has 30 heavy (non-hydrogen) atoms. The molecule has 4 aliphatic rings. The van der Waals surface area contributed by atoms with Gasteiger partial charge in [-0.15, -0.1) is 11.3 Å².